The number of aliphatic imine (C=N–C) groups is 1. The van der Waals surface area contributed by atoms with Gasteiger partial charge in [-0.1, -0.05) is 0 Å². The largest absolute Gasteiger partial charge is 0.497 e. The van der Waals surface area contributed by atoms with Gasteiger partial charge in [-0.05, 0) is 50.8 Å². The van der Waals surface area contributed by atoms with Gasteiger partial charge in [-0.3, -0.25) is 9.89 Å². The van der Waals surface area contributed by atoms with Crippen LogP contribution >= 0.6 is 0 Å². The number of methoxy groups -OCH3 is 2. The van der Waals surface area contributed by atoms with Gasteiger partial charge in [0.1, 0.15) is 11.5 Å². The van der Waals surface area contributed by atoms with Gasteiger partial charge in [0, 0.05) is 58.0 Å². The lowest BCUT2D eigenvalue weighted by atomic mass is 10.2. The number of rotatable bonds is 12. The second-order valence-corrected chi connectivity index (χ2v) is 7.25. The molecule has 1 aromatic carbocycles. The number of benzene rings is 1. The molecule has 1 aliphatic heterocycles. The molecule has 1 atom stereocenters. The molecule has 0 aliphatic carbocycles. The third-order valence-corrected chi connectivity index (χ3v) is 4.95. The van der Waals surface area contributed by atoms with Crippen LogP contribution in [0.15, 0.2) is 23.2 Å². The highest BCUT2D eigenvalue weighted by Crippen LogP contribution is 2.24. The lowest BCUT2D eigenvalue weighted by Gasteiger charge is -2.19. The summed E-state index contributed by atoms with van der Waals surface area (Å²) >= 11 is 0. The Labute approximate surface area is 175 Å². The summed E-state index contributed by atoms with van der Waals surface area (Å²) < 4.78 is 16.2. The number of hydrogen-bond acceptors (Lipinski definition) is 5. The maximum absolute atomic E-state index is 5.39. The fourth-order valence-electron chi connectivity index (χ4n) is 3.47. The molecule has 0 bridgehead atoms. The Balaban J connectivity index is 1.82. The first-order valence-electron chi connectivity index (χ1n) is 10.7. The van der Waals surface area contributed by atoms with E-state index in [0.29, 0.717) is 6.04 Å². The lowest BCUT2D eigenvalue weighted by molar-refractivity contribution is 0.144. The smallest absolute Gasteiger partial charge is 0.191 e. The van der Waals surface area contributed by atoms with Gasteiger partial charge < -0.3 is 24.8 Å². The van der Waals surface area contributed by atoms with Crippen LogP contribution in [0.5, 0.6) is 11.5 Å². The van der Waals surface area contributed by atoms with Crippen LogP contribution in [0.1, 0.15) is 38.7 Å². The van der Waals surface area contributed by atoms with Crippen LogP contribution in [-0.2, 0) is 11.3 Å². The molecule has 2 N–H and O–H groups in total. The molecule has 0 spiro atoms. The van der Waals surface area contributed by atoms with Crippen molar-refractivity contribution in [2.24, 2.45) is 4.99 Å². The topological polar surface area (TPSA) is 67.4 Å². The summed E-state index contributed by atoms with van der Waals surface area (Å²) in [5.41, 5.74) is 1.21. The quantitative estimate of drug-likeness (QED) is 0.316. The molecule has 1 saturated heterocycles. The fraction of sp³-hybridized carbons (Fsp3) is 0.682. The number of hydrogen-bond donors (Lipinski definition) is 2. The SMILES string of the molecule is CCNC(=NCCCCOCC)NC1CCN(Cc2cc(OC)cc(OC)c2)C1. The highest BCUT2D eigenvalue weighted by atomic mass is 16.5. The molecule has 1 fully saturated rings. The zero-order valence-corrected chi connectivity index (χ0v) is 18.5. The minimum Gasteiger partial charge on any atom is -0.497 e. The monoisotopic (exact) mass is 406 g/mol. The van der Waals surface area contributed by atoms with E-state index < -0.39 is 0 Å². The number of likely N-dealkylation sites (tertiary alicyclic amines) is 1. The van der Waals surface area contributed by atoms with E-state index in [-0.39, 0.29) is 0 Å². The van der Waals surface area contributed by atoms with Crippen molar-refractivity contribution in [2.45, 2.75) is 45.7 Å². The minimum absolute atomic E-state index is 0.406. The Morgan fingerprint density at radius 1 is 1.14 bits per heavy atom. The van der Waals surface area contributed by atoms with Crippen LogP contribution in [0.3, 0.4) is 0 Å². The Morgan fingerprint density at radius 3 is 2.55 bits per heavy atom. The average molecular weight is 407 g/mol. The summed E-state index contributed by atoms with van der Waals surface area (Å²) in [5.74, 6) is 2.58. The van der Waals surface area contributed by atoms with E-state index >= 15 is 0 Å². The Bertz CT molecular complexity index is 602. The van der Waals surface area contributed by atoms with Gasteiger partial charge in [-0.15, -0.1) is 0 Å². The lowest BCUT2D eigenvalue weighted by Crippen LogP contribution is -2.44. The van der Waals surface area contributed by atoms with Crippen molar-refractivity contribution < 1.29 is 14.2 Å². The van der Waals surface area contributed by atoms with Gasteiger partial charge in [0.25, 0.3) is 0 Å². The van der Waals surface area contributed by atoms with E-state index in [9.17, 15) is 0 Å². The van der Waals surface area contributed by atoms with Crippen LogP contribution in [0, 0.1) is 0 Å². The van der Waals surface area contributed by atoms with Gasteiger partial charge in [0.2, 0.25) is 0 Å². The standard InChI is InChI=1S/C22H38N4O3/c1-5-23-22(24-10-7-8-12-29-6-2)25-19-9-11-26(17-19)16-18-13-20(27-3)15-21(14-18)28-4/h13-15,19H,5-12,16-17H2,1-4H3,(H2,23,24,25). The molecule has 1 aliphatic rings. The molecular weight excluding hydrogens is 368 g/mol. The zero-order chi connectivity index (χ0) is 20.9. The van der Waals surface area contributed by atoms with Gasteiger partial charge in [-0.25, -0.2) is 0 Å². The average Bonchev–Trinajstić information content (AvgIpc) is 3.16. The first kappa shape index (κ1) is 23.3. The van der Waals surface area contributed by atoms with Crippen LogP contribution in [0.4, 0.5) is 0 Å². The second kappa shape index (κ2) is 13.3. The van der Waals surface area contributed by atoms with Crippen LogP contribution in [-0.4, -0.2) is 70.5 Å². The van der Waals surface area contributed by atoms with Crippen molar-refractivity contribution in [3.8, 4) is 11.5 Å². The van der Waals surface area contributed by atoms with E-state index in [2.05, 4.69) is 34.6 Å². The van der Waals surface area contributed by atoms with E-state index in [1.54, 1.807) is 14.2 Å². The fourth-order valence-corrected chi connectivity index (χ4v) is 3.47. The zero-order valence-electron chi connectivity index (χ0n) is 18.5. The molecule has 1 aromatic rings. The molecule has 2 rings (SSSR count). The van der Waals surface area contributed by atoms with Gasteiger partial charge in [-0.2, -0.15) is 0 Å². The predicted octanol–water partition coefficient (Wildman–Crippen LogP) is 2.65. The Kier molecular flexibility index (Phi) is 10.7. The highest BCUT2D eigenvalue weighted by Gasteiger charge is 2.23. The maximum atomic E-state index is 5.39. The van der Waals surface area contributed by atoms with Crippen molar-refractivity contribution in [1.29, 1.82) is 0 Å². The molecule has 0 radical (unpaired) electrons. The molecule has 0 saturated carbocycles. The van der Waals surface area contributed by atoms with Crippen molar-refractivity contribution >= 4 is 5.96 Å². The summed E-state index contributed by atoms with van der Waals surface area (Å²) in [6, 6.07) is 6.48. The molecule has 29 heavy (non-hydrogen) atoms. The van der Waals surface area contributed by atoms with Crippen LogP contribution in [0.25, 0.3) is 0 Å². The predicted molar refractivity (Wildman–Crippen MR) is 118 cm³/mol. The van der Waals surface area contributed by atoms with Gasteiger partial charge >= 0.3 is 0 Å². The van der Waals surface area contributed by atoms with Gasteiger partial charge in [0.15, 0.2) is 5.96 Å². The number of unbranched alkanes of at least 4 members (excludes halogenated alkanes) is 1. The number of ether oxygens (including phenoxy) is 3. The van der Waals surface area contributed by atoms with Crippen molar-refractivity contribution in [1.82, 2.24) is 15.5 Å². The first-order chi connectivity index (χ1) is 14.2. The highest BCUT2D eigenvalue weighted by molar-refractivity contribution is 5.80. The summed E-state index contributed by atoms with van der Waals surface area (Å²) in [7, 11) is 3.37. The third kappa shape index (κ3) is 8.50. The maximum Gasteiger partial charge on any atom is 0.191 e. The summed E-state index contributed by atoms with van der Waals surface area (Å²) in [6.45, 7) is 10.4. The van der Waals surface area contributed by atoms with E-state index in [1.807, 2.05) is 13.0 Å². The van der Waals surface area contributed by atoms with E-state index in [0.717, 1.165) is 82.7 Å². The van der Waals surface area contributed by atoms with E-state index in [4.69, 9.17) is 19.2 Å². The van der Waals surface area contributed by atoms with Crippen molar-refractivity contribution in [2.75, 3.05) is 53.6 Å². The number of guanidine groups is 1. The molecule has 0 amide bonds. The van der Waals surface area contributed by atoms with E-state index in [1.165, 1.54) is 5.56 Å². The molecule has 1 unspecified atom stereocenters. The Morgan fingerprint density at radius 2 is 1.90 bits per heavy atom. The molecule has 164 valence electrons. The summed E-state index contributed by atoms with van der Waals surface area (Å²) in [6.07, 6.45) is 3.21. The molecule has 0 aromatic heterocycles. The molecular formula is C22H38N4O3. The first-order valence-corrected chi connectivity index (χ1v) is 10.7. The normalized spacial score (nSPS) is 17.4. The van der Waals surface area contributed by atoms with Crippen molar-refractivity contribution in [3.63, 3.8) is 0 Å². The molecule has 1 heterocycles. The molecule has 7 nitrogen and oxygen atoms in total. The number of nitrogens with zero attached hydrogens (tertiary/aromatic N) is 2. The Hall–Kier alpha value is -1.99. The van der Waals surface area contributed by atoms with Gasteiger partial charge in [0.05, 0.1) is 14.2 Å². The molecule has 7 heteroatoms. The van der Waals surface area contributed by atoms with Crippen LogP contribution < -0.4 is 20.1 Å². The van der Waals surface area contributed by atoms with Crippen molar-refractivity contribution in [3.05, 3.63) is 23.8 Å². The second-order valence-electron chi connectivity index (χ2n) is 7.25. The number of nitrogens with one attached hydrogen (secondary N) is 2. The minimum atomic E-state index is 0.406. The summed E-state index contributed by atoms with van der Waals surface area (Å²) in [5, 5.41) is 6.96. The third-order valence-electron chi connectivity index (χ3n) is 4.95. The van der Waals surface area contributed by atoms with Crippen LogP contribution in [0.2, 0.25) is 0 Å². The summed E-state index contributed by atoms with van der Waals surface area (Å²) in [4.78, 5) is 7.17.